The SMILES string of the molecule is COC(=O)C1=C(C)NC(C)C(C(=O)OC)(c2ccccc2)C1Nc1nccs1.Fc1ccc2cc1-2. The summed E-state index contributed by atoms with van der Waals surface area (Å²) in [6.07, 6.45) is 1.66. The van der Waals surface area contributed by atoms with E-state index in [2.05, 4.69) is 15.6 Å². The van der Waals surface area contributed by atoms with Gasteiger partial charge in [0.25, 0.3) is 0 Å². The van der Waals surface area contributed by atoms with Crippen molar-refractivity contribution in [1.82, 2.24) is 10.3 Å². The quantitative estimate of drug-likeness (QED) is 0.400. The predicted molar refractivity (Wildman–Crippen MR) is 132 cm³/mol. The Morgan fingerprint density at radius 1 is 1.14 bits per heavy atom. The predicted octanol–water partition coefficient (Wildman–Crippen LogP) is 4.28. The van der Waals surface area contributed by atoms with Crippen molar-refractivity contribution in [1.29, 1.82) is 0 Å². The molecule has 2 N–H and O–H groups in total. The maximum absolute atomic E-state index is 13.3. The third-order valence-corrected chi connectivity index (χ3v) is 7.04. The van der Waals surface area contributed by atoms with E-state index in [1.54, 1.807) is 19.2 Å². The van der Waals surface area contributed by atoms with E-state index in [1.165, 1.54) is 31.6 Å². The van der Waals surface area contributed by atoms with Gasteiger partial charge in [-0.25, -0.2) is 14.2 Å². The van der Waals surface area contributed by atoms with Crippen molar-refractivity contribution < 1.29 is 23.5 Å². The Balaban J connectivity index is 0.000000347. The molecule has 2 aliphatic carbocycles. The van der Waals surface area contributed by atoms with E-state index in [0.717, 1.165) is 16.7 Å². The van der Waals surface area contributed by atoms with Crippen LogP contribution in [0.2, 0.25) is 0 Å². The van der Waals surface area contributed by atoms with Crippen LogP contribution in [0.4, 0.5) is 9.52 Å². The first-order chi connectivity index (χ1) is 16.8. The second kappa shape index (κ2) is 9.87. The molecule has 35 heavy (non-hydrogen) atoms. The van der Waals surface area contributed by atoms with Crippen LogP contribution in [0.1, 0.15) is 19.4 Å². The number of esters is 2. The van der Waals surface area contributed by atoms with E-state index < -0.39 is 23.4 Å². The minimum atomic E-state index is -1.22. The van der Waals surface area contributed by atoms with E-state index in [9.17, 15) is 14.0 Å². The first kappa shape index (κ1) is 24.4. The smallest absolute Gasteiger partial charge is 0.337 e. The lowest BCUT2D eigenvalue weighted by Crippen LogP contribution is -2.65. The van der Waals surface area contributed by atoms with Crippen molar-refractivity contribution in [3.63, 3.8) is 0 Å². The summed E-state index contributed by atoms with van der Waals surface area (Å²) in [4.78, 5) is 30.3. The minimum Gasteiger partial charge on any atom is -0.468 e. The van der Waals surface area contributed by atoms with Crippen LogP contribution in [0.25, 0.3) is 11.1 Å². The number of hydrogen-bond acceptors (Lipinski definition) is 8. The Kier molecular flexibility index (Phi) is 6.88. The Morgan fingerprint density at radius 3 is 2.37 bits per heavy atom. The second-order valence-electron chi connectivity index (χ2n) is 8.23. The summed E-state index contributed by atoms with van der Waals surface area (Å²) < 4.78 is 22.4. The molecule has 182 valence electrons. The molecule has 0 saturated heterocycles. The van der Waals surface area contributed by atoms with Gasteiger partial charge >= 0.3 is 11.9 Å². The van der Waals surface area contributed by atoms with Crippen LogP contribution in [-0.4, -0.2) is 43.2 Å². The molecule has 0 bridgehead atoms. The Bertz CT molecular complexity index is 1260. The number of nitrogens with one attached hydrogen (secondary N) is 2. The summed E-state index contributed by atoms with van der Waals surface area (Å²) in [6, 6.07) is 13.3. The molecule has 2 heterocycles. The lowest BCUT2D eigenvalue weighted by molar-refractivity contribution is -0.149. The average Bonchev–Trinajstić information content (AvgIpc) is 3.30. The third-order valence-electron chi connectivity index (χ3n) is 6.34. The summed E-state index contributed by atoms with van der Waals surface area (Å²) in [5.74, 6) is -1.05. The van der Waals surface area contributed by atoms with E-state index in [0.29, 0.717) is 16.4 Å². The summed E-state index contributed by atoms with van der Waals surface area (Å²) in [6.45, 7) is 3.70. The fourth-order valence-corrected chi connectivity index (χ4v) is 5.18. The molecule has 0 saturated carbocycles. The number of thiazole rings is 1. The molecule has 7 nitrogen and oxygen atoms in total. The monoisotopic (exact) mass is 495 g/mol. The number of fused-ring (bicyclic) bond motifs is 1. The van der Waals surface area contributed by atoms with Gasteiger partial charge in [-0.1, -0.05) is 36.4 Å². The zero-order valence-corrected chi connectivity index (χ0v) is 20.6. The number of ether oxygens (including phenoxy) is 2. The zero-order valence-electron chi connectivity index (χ0n) is 19.8. The molecule has 2 aromatic rings. The van der Waals surface area contributed by atoms with Crippen molar-refractivity contribution in [2.45, 2.75) is 31.3 Å². The van der Waals surface area contributed by atoms with Crippen LogP contribution in [0, 0.1) is 5.82 Å². The van der Waals surface area contributed by atoms with Gasteiger partial charge in [0.1, 0.15) is 11.2 Å². The van der Waals surface area contributed by atoms with Gasteiger partial charge in [0.2, 0.25) is 0 Å². The number of nitrogens with zero attached hydrogens (tertiary/aromatic N) is 1. The standard InChI is InChI=1S/C20H23N3O4S.C6H3F/c1-12-15(17(24)26-3)16(23-19-21-10-11-28-19)20(13(2)22-12,18(25)27-4)14-8-6-5-7-9-14;7-6-2-1-4-3-5(4)6/h5-11,13,16,22H,1-4H3,(H,21,23);1-3H. The minimum absolute atomic E-state index is 0.0741. The van der Waals surface area contributed by atoms with Gasteiger partial charge in [0.05, 0.1) is 25.8 Å². The number of halogens is 1. The molecule has 0 amide bonds. The summed E-state index contributed by atoms with van der Waals surface area (Å²) >= 11 is 1.39. The van der Waals surface area contributed by atoms with Gasteiger partial charge in [-0.05, 0) is 37.1 Å². The Morgan fingerprint density at radius 2 is 1.89 bits per heavy atom. The van der Waals surface area contributed by atoms with Gasteiger partial charge in [-0.2, -0.15) is 0 Å². The molecule has 1 aliphatic heterocycles. The highest BCUT2D eigenvalue weighted by molar-refractivity contribution is 7.13. The molecule has 9 heteroatoms. The lowest BCUT2D eigenvalue weighted by Gasteiger charge is -2.47. The van der Waals surface area contributed by atoms with Crippen molar-refractivity contribution >= 4 is 28.4 Å². The molecule has 1 aromatic carbocycles. The highest BCUT2D eigenvalue weighted by Gasteiger charge is 2.58. The number of rotatable bonds is 5. The average molecular weight is 496 g/mol. The number of hydrogen-bond donors (Lipinski definition) is 2. The molecular weight excluding hydrogens is 469 g/mol. The maximum Gasteiger partial charge on any atom is 0.337 e. The Labute approximate surface area is 207 Å². The van der Waals surface area contributed by atoms with Crippen LogP contribution in [0.5, 0.6) is 0 Å². The molecular formula is C26H26FN3O4S. The van der Waals surface area contributed by atoms with E-state index in [-0.39, 0.29) is 11.9 Å². The summed E-state index contributed by atoms with van der Waals surface area (Å²) in [5.41, 5.74) is 2.36. The summed E-state index contributed by atoms with van der Waals surface area (Å²) in [7, 11) is 2.67. The maximum atomic E-state index is 13.3. The summed E-state index contributed by atoms with van der Waals surface area (Å²) in [5, 5.41) is 9.00. The fraction of sp³-hybridized carbons (Fsp3) is 0.269. The van der Waals surface area contributed by atoms with Crippen LogP contribution in [0.3, 0.4) is 0 Å². The number of benzene rings is 2. The highest BCUT2D eigenvalue weighted by Crippen LogP contribution is 2.42. The lowest BCUT2D eigenvalue weighted by atomic mass is 9.64. The largest absolute Gasteiger partial charge is 0.468 e. The number of aromatic nitrogens is 1. The first-order valence-corrected chi connectivity index (χ1v) is 11.9. The molecule has 5 rings (SSSR count). The van der Waals surface area contributed by atoms with Gasteiger partial charge in [-0.3, -0.25) is 4.79 Å². The van der Waals surface area contributed by atoms with E-state index in [4.69, 9.17) is 9.47 Å². The molecule has 0 spiro atoms. The van der Waals surface area contributed by atoms with Crippen LogP contribution in [0.15, 0.2) is 71.4 Å². The normalized spacial score (nSPS) is 21.7. The van der Waals surface area contributed by atoms with Crippen molar-refractivity contribution in [2.24, 2.45) is 0 Å². The fourth-order valence-electron chi connectivity index (χ4n) is 4.62. The molecule has 3 atom stereocenters. The van der Waals surface area contributed by atoms with Gasteiger partial charge in [-0.15, -0.1) is 11.3 Å². The van der Waals surface area contributed by atoms with E-state index in [1.807, 2.05) is 48.7 Å². The van der Waals surface area contributed by atoms with Crippen molar-refractivity contribution in [3.8, 4) is 11.1 Å². The molecule has 0 radical (unpaired) electrons. The van der Waals surface area contributed by atoms with E-state index >= 15 is 0 Å². The van der Waals surface area contributed by atoms with Crippen LogP contribution < -0.4 is 10.6 Å². The van der Waals surface area contributed by atoms with Crippen molar-refractivity contribution in [3.05, 3.63) is 82.8 Å². The van der Waals surface area contributed by atoms with Gasteiger partial charge < -0.3 is 20.1 Å². The number of allylic oxidation sites excluding steroid dienone is 1. The molecule has 3 aliphatic rings. The topological polar surface area (TPSA) is 89.5 Å². The Hall–Kier alpha value is -3.72. The molecule has 3 unspecified atom stereocenters. The zero-order chi connectivity index (χ0) is 25.2. The number of carbonyl (C=O) groups is 2. The number of carbonyl (C=O) groups excluding carboxylic acids is 2. The number of anilines is 1. The van der Waals surface area contributed by atoms with Crippen molar-refractivity contribution in [2.75, 3.05) is 19.5 Å². The van der Waals surface area contributed by atoms with Gasteiger partial charge in [0.15, 0.2) is 5.13 Å². The highest BCUT2D eigenvalue weighted by atomic mass is 32.1. The number of methoxy groups -OCH3 is 2. The van der Waals surface area contributed by atoms with Crippen LogP contribution >= 0.6 is 11.3 Å². The van der Waals surface area contributed by atoms with Crippen LogP contribution in [-0.2, 0) is 24.5 Å². The molecule has 1 aromatic heterocycles. The van der Waals surface area contributed by atoms with Gasteiger partial charge in [0, 0.05) is 28.9 Å². The second-order valence-corrected chi connectivity index (χ2v) is 9.13. The third kappa shape index (κ3) is 4.39. The molecule has 0 fully saturated rings. The first-order valence-electron chi connectivity index (χ1n) is 11.0.